The molecule has 0 spiro atoms. The van der Waals surface area contributed by atoms with E-state index in [0.29, 0.717) is 0 Å². The number of benzene rings is 1. The van der Waals surface area contributed by atoms with Crippen molar-refractivity contribution >= 4 is 10.9 Å². The van der Waals surface area contributed by atoms with E-state index < -0.39 is 0 Å². The molecule has 0 saturated carbocycles. The Balaban J connectivity index is 1.90. The highest BCUT2D eigenvalue weighted by Gasteiger charge is 2.17. The Kier molecular flexibility index (Phi) is 3.28. The number of para-hydroxylation sites is 1. The number of H-pyrrole nitrogens is 1. The van der Waals surface area contributed by atoms with Crippen LogP contribution in [0.3, 0.4) is 0 Å². The van der Waals surface area contributed by atoms with Gasteiger partial charge in [-0.25, -0.2) is 0 Å². The van der Waals surface area contributed by atoms with Crippen molar-refractivity contribution in [3.8, 4) is 0 Å². The fourth-order valence-electron chi connectivity index (χ4n) is 2.69. The first-order chi connectivity index (χ1) is 9.70. The molecule has 2 aromatic heterocycles. The standard InChI is InChI=1S/C15H19N5/c1-3-20-10(2)18-19-15(20)13(16)8-11-9-17-14-7-5-4-6-12(11)14/h4-7,9,13,17H,3,8,16H2,1-2H3/t13-/m0/s1. The highest BCUT2D eigenvalue weighted by molar-refractivity contribution is 5.83. The third-order valence-electron chi connectivity index (χ3n) is 3.73. The normalized spacial score (nSPS) is 12.9. The van der Waals surface area contributed by atoms with Crippen LogP contribution in [0.4, 0.5) is 0 Å². The monoisotopic (exact) mass is 269 g/mol. The molecule has 3 rings (SSSR count). The number of nitrogens with two attached hydrogens (primary N) is 1. The van der Waals surface area contributed by atoms with Crippen molar-refractivity contribution in [3.05, 3.63) is 47.7 Å². The van der Waals surface area contributed by atoms with Gasteiger partial charge in [0.15, 0.2) is 0 Å². The molecule has 0 unspecified atom stereocenters. The molecule has 3 N–H and O–H groups in total. The van der Waals surface area contributed by atoms with Gasteiger partial charge in [0.05, 0.1) is 6.04 Å². The summed E-state index contributed by atoms with van der Waals surface area (Å²) in [6, 6.07) is 8.12. The minimum Gasteiger partial charge on any atom is -0.361 e. The number of nitrogens with one attached hydrogen (secondary N) is 1. The van der Waals surface area contributed by atoms with Crippen molar-refractivity contribution < 1.29 is 0 Å². The molecule has 104 valence electrons. The number of aromatic amines is 1. The predicted octanol–water partition coefficient (Wildman–Crippen LogP) is 2.33. The van der Waals surface area contributed by atoms with Crippen LogP contribution in [0.1, 0.15) is 30.2 Å². The molecule has 0 saturated heterocycles. The molecule has 2 heterocycles. The fraction of sp³-hybridized carbons (Fsp3) is 0.333. The number of hydrogen-bond donors (Lipinski definition) is 2. The smallest absolute Gasteiger partial charge is 0.150 e. The van der Waals surface area contributed by atoms with Gasteiger partial charge < -0.3 is 15.3 Å². The first-order valence-corrected chi connectivity index (χ1v) is 6.91. The van der Waals surface area contributed by atoms with Crippen LogP contribution in [-0.4, -0.2) is 19.7 Å². The van der Waals surface area contributed by atoms with Crippen LogP contribution in [0.25, 0.3) is 10.9 Å². The summed E-state index contributed by atoms with van der Waals surface area (Å²) in [6.07, 6.45) is 2.78. The summed E-state index contributed by atoms with van der Waals surface area (Å²) in [5.41, 5.74) is 8.69. The summed E-state index contributed by atoms with van der Waals surface area (Å²) in [5.74, 6) is 1.77. The first-order valence-electron chi connectivity index (χ1n) is 6.91. The molecule has 0 aliphatic heterocycles. The third kappa shape index (κ3) is 2.10. The average molecular weight is 269 g/mol. The second kappa shape index (κ2) is 5.09. The maximum absolute atomic E-state index is 6.33. The number of aryl methyl sites for hydroxylation is 1. The molecule has 0 radical (unpaired) electrons. The van der Waals surface area contributed by atoms with E-state index in [-0.39, 0.29) is 6.04 Å². The Bertz CT molecular complexity index is 725. The molecule has 0 amide bonds. The lowest BCUT2D eigenvalue weighted by Gasteiger charge is -2.12. The second-order valence-corrected chi connectivity index (χ2v) is 5.02. The molecule has 0 aliphatic carbocycles. The van der Waals surface area contributed by atoms with Gasteiger partial charge in [-0.1, -0.05) is 18.2 Å². The third-order valence-corrected chi connectivity index (χ3v) is 3.73. The Morgan fingerprint density at radius 1 is 1.30 bits per heavy atom. The van der Waals surface area contributed by atoms with Gasteiger partial charge in [0.25, 0.3) is 0 Å². The van der Waals surface area contributed by atoms with E-state index in [1.165, 1.54) is 10.9 Å². The van der Waals surface area contributed by atoms with E-state index in [1.54, 1.807) is 0 Å². The Labute approximate surface area is 117 Å². The molecular formula is C15H19N5. The van der Waals surface area contributed by atoms with Crippen molar-refractivity contribution in [1.29, 1.82) is 0 Å². The molecule has 5 heteroatoms. The van der Waals surface area contributed by atoms with Gasteiger partial charge >= 0.3 is 0 Å². The first kappa shape index (κ1) is 12.9. The molecule has 0 aliphatic rings. The van der Waals surface area contributed by atoms with Gasteiger partial charge in [0.2, 0.25) is 0 Å². The molecule has 3 aromatic rings. The Morgan fingerprint density at radius 2 is 2.10 bits per heavy atom. The van der Waals surface area contributed by atoms with E-state index in [4.69, 9.17) is 5.73 Å². The highest BCUT2D eigenvalue weighted by Crippen LogP contribution is 2.22. The number of hydrogen-bond acceptors (Lipinski definition) is 3. The van der Waals surface area contributed by atoms with Crippen molar-refractivity contribution in [2.24, 2.45) is 5.73 Å². The van der Waals surface area contributed by atoms with Crippen LogP contribution in [0.15, 0.2) is 30.5 Å². The molecule has 20 heavy (non-hydrogen) atoms. The minimum absolute atomic E-state index is 0.143. The summed E-state index contributed by atoms with van der Waals surface area (Å²) in [7, 11) is 0. The summed E-state index contributed by atoms with van der Waals surface area (Å²) in [4.78, 5) is 3.28. The van der Waals surface area contributed by atoms with Crippen molar-refractivity contribution in [2.45, 2.75) is 32.9 Å². The van der Waals surface area contributed by atoms with Crippen LogP contribution < -0.4 is 5.73 Å². The lowest BCUT2D eigenvalue weighted by atomic mass is 10.1. The highest BCUT2D eigenvalue weighted by atomic mass is 15.3. The van der Waals surface area contributed by atoms with E-state index >= 15 is 0 Å². The van der Waals surface area contributed by atoms with Crippen LogP contribution in [0, 0.1) is 6.92 Å². The molecule has 1 atom stereocenters. The average Bonchev–Trinajstić information content (AvgIpc) is 3.03. The lowest BCUT2D eigenvalue weighted by molar-refractivity contribution is 0.593. The number of rotatable bonds is 4. The largest absolute Gasteiger partial charge is 0.361 e. The zero-order valence-electron chi connectivity index (χ0n) is 11.8. The topological polar surface area (TPSA) is 72.5 Å². The van der Waals surface area contributed by atoms with Gasteiger partial charge in [-0.05, 0) is 31.9 Å². The summed E-state index contributed by atoms with van der Waals surface area (Å²) >= 11 is 0. The number of aromatic nitrogens is 4. The summed E-state index contributed by atoms with van der Waals surface area (Å²) < 4.78 is 2.07. The molecule has 0 fully saturated rings. The van der Waals surface area contributed by atoms with Gasteiger partial charge in [0.1, 0.15) is 11.6 Å². The predicted molar refractivity (Wildman–Crippen MR) is 79.4 cm³/mol. The van der Waals surface area contributed by atoms with Crippen molar-refractivity contribution in [1.82, 2.24) is 19.7 Å². The molecule has 1 aromatic carbocycles. The van der Waals surface area contributed by atoms with Crippen molar-refractivity contribution in [3.63, 3.8) is 0 Å². The van der Waals surface area contributed by atoms with Gasteiger partial charge in [-0.2, -0.15) is 0 Å². The van der Waals surface area contributed by atoms with E-state index in [2.05, 4.69) is 38.8 Å². The Morgan fingerprint density at radius 3 is 2.90 bits per heavy atom. The van der Waals surface area contributed by atoms with Crippen LogP contribution in [0.2, 0.25) is 0 Å². The number of fused-ring (bicyclic) bond motifs is 1. The van der Waals surface area contributed by atoms with E-state index in [0.717, 1.165) is 30.1 Å². The number of nitrogens with zero attached hydrogens (tertiary/aromatic N) is 3. The quantitative estimate of drug-likeness (QED) is 0.763. The van der Waals surface area contributed by atoms with Gasteiger partial charge in [0, 0.05) is 23.6 Å². The van der Waals surface area contributed by atoms with Crippen LogP contribution in [-0.2, 0) is 13.0 Å². The maximum Gasteiger partial charge on any atom is 0.150 e. The molecular weight excluding hydrogens is 250 g/mol. The second-order valence-electron chi connectivity index (χ2n) is 5.02. The molecule has 5 nitrogen and oxygen atoms in total. The minimum atomic E-state index is -0.143. The van der Waals surface area contributed by atoms with E-state index in [1.807, 2.05) is 25.3 Å². The summed E-state index contributed by atoms with van der Waals surface area (Å²) in [6.45, 7) is 4.88. The molecule has 0 bridgehead atoms. The Hall–Kier alpha value is -2.14. The zero-order valence-corrected chi connectivity index (χ0v) is 11.8. The van der Waals surface area contributed by atoms with Gasteiger partial charge in [-0.3, -0.25) is 0 Å². The fourth-order valence-corrected chi connectivity index (χ4v) is 2.69. The SMILES string of the molecule is CCn1c(C)nnc1[C@@H](N)Cc1c[nH]c2ccccc12. The van der Waals surface area contributed by atoms with Crippen LogP contribution in [0.5, 0.6) is 0 Å². The zero-order chi connectivity index (χ0) is 14.1. The van der Waals surface area contributed by atoms with Gasteiger partial charge in [-0.15, -0.1) is 10.2 Å². The van der Waals surface area contributed by atoms with Crippen LogP contribution >= 0.6 is 0 Å². The summed E-state index contributed by atoms with van der Waals surface area (Å²) in [5, 5.41) is 9.57. The van der Waals surface area contributed by atoms with E-state index in [9.17, 15) is 0 Å². The lowest BCUT2D eigenvalue weighted by Crippen LogP contribution is -2.19. The van der Waals surface area contributed by atoms with Crippen molar-refractivity contribution in [2.75, 3.05) is 0 Å². The maximum atomic E-state index is 6.33.